The molecule has 10 nitrogen and oxygen atoms in total. The van der Waals surface area contributed by atoms with Crippen molar-refractivity contribution < 1.29 is 18.7 Å². The lowest BCUT2D eigenvalue weighted by Crippen LogP contribution is -2.46. The van der Waals surface area contributed by atoms with E-state index in [1.54, 1.807) is 25.1 Å². The number of tetrazole rings is 1. The first kappa shape index (κ1) is 26.3. The molecule has 1 fully saturated rings. The molecule has 0 bridgehead atoms. The number of nitrogens with one attached hydrogen (secondary N) is 1. The molecule has 5 rings (SSSR count). The van der Waals surface area contributed by atoms with E-state index < -0.39 is 6.04 Å². The Balaban J connectivity index is 1.46. The van der Waals surface area contributed by atoms with E-state index in [2.05, 4.69) is 20.7 Å². The van der Waals surface area contributed by atoms with Crippen molar-refractivity contribution in [3.63, 3.8) is 0 Å². The summed E-state index contributed by atoms with van der Waals surface area (Å²) >= 11 is 0. The summed E-state index contributed by atoms with van der Waals surface area (Å²) in [6.07, 6.45) is 1.80. The lowest BCUT2D eigenvalue weighted by atomic mass is 10.1. The molecule has 0 aliphatic carbocycles. The third kappa shape index (κ3) is 6.23. The SMILES string of the molecule is Cc1ccc(-c2nnn(CC(=O)N(c3cccc(C)c3)[C@@H](C(=O)NC[C@@H]3CCCO3)c3ccc(C)o3)n2)cc1. The van der Waals surface area contributed by atoms with Crippen molar-refractivity contribution in [2.45, 2.75) is 52.3 Å². The van der Waals surface area contributed by atoms with Crippen molar-refractivity contribution >= 4 is 17.5 Å². The molecule has 3 heterocycles. The fourth-order valence-corrected chi connectivity index (χ4v) is 4.63. The van der Waals surface area contributed by atoms with Gasteiger partial charge < -0.3 is 14.5 Å². The van der Waals surface area contributed by atoms with Crippen molar-refractivity contribution in [3.8, 4) is 11.4 Å². The average molecular weight is 529 g/mol. The van der Waals surface area contributed by atoms with E-state index in [0.29, 0.717) is 36.2 Å². The van der Waals surface area contributed by atoms with E-state index in [-0.39, 0.29) is 24.5 Å². The maximum atomic E-state index is 14.0. The first-order valence-corrected chi connectivity index (χ1v) is 13.1. The van der Waals surface area contributed by atoms with Gasteiger partial charge in [0.2, 0.25) is 5.82 Å². The van der Waals surface area contributed by atoms with Crippen LogP contribution in [0.4, 0.5) is 5.69 Å². The van der Waals surface area contributed by atoms with Crippen LogP contribution < -0.4 is 10.2 Å². The number of anilines is 1. The molecule has 2 aromatic heterocycles. The number of rotatable bonds is 9. The van der Waals surface area contributed by atoms with E-state index in [9.17, 15) is 9.59 Å². The predicted molar refractivity (Wildman–Crippen MR) is 145 cm³/mol. The summed E-state index contributed by atoms with van der Waals surface area (Å²) in [7, 11) is 0. The molecule has 4 aromatic rings. The highest BCUT2D eigenvalue weighted by Crippen LogP contribution is 2.30. The van der Waals surface area contributed by atoms with E-state index >= 15 is 0 Å². The smallest absolute Gasteiger partial charge is 0.251 e. The minimum absolute atomic E-state index is 0.0457. The predicted octanol–water partition coefficient (Wildman–Crippen LogP) is 3.93. The zero-order chi connectivity index (χ0) is 27.4. The monoisotopic (exact) mass is 528 g/mol. The molecule has 0 spiro atoms. The molecule has 2 atom stereocenters. The number of nitrogens with zero attached hydrogens (tertiary/aromatic N) is 5. The highest BCUT2D eigenvalue weighted by molar-refractivity contribution is 6.01. The van der Waals surface area contributed by atoms with Gasteiger partial charge in [0.1, 0.15) is 18.1 Å². The van der Waals surface area contributed by atoms with Gasteiger partial charge in [0.05, 0.1) is 6.10 Å². The van der Waals surface area contributed by atoms with Gasteiger partial charge in [0.25, 0.3) is 11.8 Å². The molecule has 2 amide bonds. The largest absolute Gasteiger partial charge is 0.464 e. The van der Waals surface area contributed by atoms with Gasteiger partial charge in [-0.1, -0.05) is 42.0 Å². The van der Waals surface area contributed by atoms with Crippen LogP contribution in [0.2, 0.25) is 0 Å². The first-order chi connectivity index (χ1) is 18.9. The van der Waals surface area contributed by atoms with Crippen LogP contribution in [0, 0.1) is 20.8 Å². The Morgan fingerprint density at radius 1 is 1.08 bits per heavy atom. The van der Waals surface area contributed by atoms with Gasteiger partial charge in [-0.2, -0.15) is 4.80 Å². The number of carbonyl (C=O) groups excluding carboxylic acids is 2. The standard InChI is InChI=1S/C29H32N6O4/c1-19-9-12-22(13-10-19)28-31-33-34(32-28)18-26(36)35(23-7-4-6-20(2)16-23)27(25-14-11-21(3)39-25)29(37)30-17-24-8-5-15-38-24/h4,6-7,9-14,16,24,27H,5,8,15,17-18H2,1-3H3,(H,30,37)/t24-,27+/m0/s1. The van der Waals surface area contributed by atoms with Crippen LogP contribution in [0.5, 0.6) is 0 Å². The highest BCUT2D eigenvalue weighted by atomic mass is 16.5. The second-order valence-electron chi connectivity index (χ2n) is 9.84. The Bertz CT molecular complexity index is 1440. The number of furan rings is 1. The van der Waals surface area contributed by atoms with E-state index in [0.717, 1.165) is 29.5 Å². The van der Waals surface area contributed by atoms with Gasteiger partial charge in [0.15, 0.2) is 6.04 Å². The summed E-state index contributed by atoms with van der Waals surface area (Å²) in [5.41, 5.74) is 3.42. The Morgan fingerprint density at radius 2 is 1.90 bits per heavy atom. The molecule has 0 radical (unpaired) electrons. The van der Waals surface area contributed by atoms with Gasteiger partial charge in [-0.3, -0.25) is 14.5 Å². The second-order valence-corrected chi connectivity index (χ2v) is 9.84. The molecule has 0 saturated carbocycles. The van der Waals surface area contributed by atoms with Crippen molar-refractivity contribution in [1.82, 2.24) is 25.5 Å². The van der Waals surface area contributed by atoms with Crippen molar-refractivity contribution in [3.05, 3.63) is 83.3 Å². The van der Waals surface area contributed by atoms with Gasteiger partial charge in [0, 0.05) is 24.4 Å². The number of ether oxygens (including phenoxy) is 1. The summed E-state index contributed by atoms with van der Waals surface area (Å²) < 4.78 is 11.6. The maximum absolute atomic E-state index is 14.0. The van der Waals surface area contributed by atoms with Crippen LogP contribution in [-0.4, -0.2) is 51.3 Å². The molecule has 202 valence electrons. The fraction of sp³-hybridized carbons (Fsp3) is 0.345. The molecule has 1 N–H and O–H groups in total. The zero-order valence-corrected chi connectivity index (χ0v) is 22.3. The molecule has 1 aliphatic rings. The van der Waals surface area contributed by atoms with Crippen molar-refractivity contribution in [2.75, 3.05) is 18.1 Å². The molecule has 39 heavy (non-hydrogen) atoms. The lowest BCUT2D eigenvalue weighted by molar-refractivity contribution is -0.127. The number of benzene rings is 2. The van der Waals surface area contributed by atoms with Crippen LogP contribution >= 0.6 is 0 Å². The number of aromatic nitrogens is 4. The van der Waals surface area contributed by atoms with Gasteiger partial charge >= 0.3 is 0 Å². The summed E-state index contributed by atoms with van der Waals surface area (Å²) in [6.45, 7) is 6.56. The van der Waals surface area contributed by atoms with Crippen molar-refractivity contribution in [2.24, 2.45) is 0 Å². The van der Waals surface area contributed by atoms with Crippen LogP contribution in [0.3, 0.4) is 0 Å². The maximum Gasteiger partial charge on any atom is 0.251 e. The molecule has 2 aromatic carbocycles. The number of carbonyl (C=O) groups is 2. The summed E-state index contributed by atoms with van der Waals surface area (Å²) in [6, 6.07) is 17.6. The van der Waals surface area contributed by atoms with Crippen LogP contribution in [0.15, 0.2) is 65.1 Å². The summed E-state index contributed by atoms with van der Waals surface area (Å²) in [4.78, 5) is 30.4. The van der Waals surface area contributed by atoms with Crippen LogP contribution in [-0.2, 0) is 20.9 Å². The number of aryl methyl sites for hydroxylation is 3. The first-order valence-electron chi connectivity index (χ1n) is 13.1. The topological polar surface area (TPSA) is 115 Å². The number of hydrogen-bond acceptors (Lipinski definition) is 7. The minimum Gasteiger partial charge on any atom is -0.464 e. The van der Waals surface area contributed by atoms with Gasteiger partial charge in [-0.25, -0.2) is 0 Å². The summed E-state index contributed by atoms with van der Waals surface area (Å²) in [5, 5.41) is 15.6. The van der Waals surface area contributed by atoms with Crippen molar-refractivity contribution in [1.29, 1.82) is 0 Å². The summed E-state index contributed by atoms with van der Waals surface area (Å²) in [5.74, 6) is 0.664. The van der Waals surface area contributed by atoms with Gasteiger partial charge in [-0.05, 0) is 68.7 Å². The van der Waals surface area contributed by atoms with Gasteiger partial charge in [-0.15, -0.1) is 10.2 Å². The number of hydrogen-bond donors (Lipinski definition) is 1. The van der Waals surface area contributed by atoms with E-state index in [1.165, 1.54) is 9.70 Å². The third-order valence-corrected chi connectivity index (χ3v) is 6.65. The van der Waals surface area contributed by atoms with E-state index in [4.69, 9.17) is 9.15 Å². The van der Waals surface area contributed by atoms with Crippen LogP contribution in [0.25, 0.3) is 11.4 Å². The fourth-order valence-electron chi connectivity index (χ4n) is 4.63. The Hall–Kier alpha value is -4.31. The van der Waals surface area contributed by atoms with E-state index in [1.807, 2.05) is 56.3 Å². The quantitative estimate of drug-likeness (QED) is 0.350. The molecule has 10 heteroatoms. The Kier molecular flexibility index (Phi) is 7.83. The number of amides is 2. The lowest BCUT2D eigenvalue weighted by Gasteiger charge is -2.30. The minimum atomic E-state index is -1.05. The molecule has 1 saturated heterocycles. The molecule has 0 unspecified atom stereocenters. The average Bonchev–Trinajstić information content (AvgIpc) is 3.69. The highest BCUT2D eigenvalue weighted by Gasteiger charge is 2.36. The molecular formula is C29H32N6O4. The third-order valence-electron chi connectivity index (χ3n) is 6.65. The molecule has 1 aliphatic heterocycles. The van der Waals surface area contributed by atoms with Crippen LogP contribution in [0.1, 0.15) is 41.5 Å². The normalized spacial score (nSPS) is 15.7. The second kappa shape index (κ2) is 11.6. The zero-order valence-electron chi connectivity index (χ0n) is 22.3. The molecular weight excluding hydrogens is 496 g/mol. The Morgan fingerprint density at radius 3 is 2.59 bits per heavy atom. The Labute approximate surface area is 227 Å².